The standard InChI is InChI=1S/C14H19NO4/c1-19-13-6-4-11(5-7-13)15(14(17)18)9-2-3-12(16)8-10-15/h4-7,12,16H,2-3,8-10H2,1H3. The van der Waals surface area contributed by atoms with Crippen LogP contribution in [0.2, 0.25) is 0 Å². The summed E-state index contributed by atoms with van der Waals surface area (Å²) in [4.78, 5) is 11.6. The Morgan fingerprint density at radius 3 is 2.58 bits per heavy atom. The Labute approximate surface area is 112 Å². The summed E-state index contributed by atoms with van der Waals surface area (Å²) in [7, 11) is 1.57. The second-order valence-electron chi connectivity index (χ2n) is 4.96. The number of carboxylic acid groups (broad SMARTS) is 1. The average molecular weight is 265 g/mol. The molecule has 1 saturated heterocycles. The number of amides is 1. The van der Waals surface area contributed by atoms with Crippen molar-refractivity contribution >= 4 is 11.8 Å². The zero-order chi connectivity index (χ0) is 13.9. The molecule has 104 valence electrons. The van der Waals surface area contributed by atoms with Gasteiger partial charge in [0.2, 0.25) is 0 Å². The highest BCUT2D eigenvalue weighted by molar-refractivity contribution is 5.79. The third-order valence-electron chi connectivity index (χ3n) is 3.84. The molecular formula is C14H19NO4. The molecule has 0 aromatic heterocycles. The maximum atomic E-state index is 11.6. The van der Waals surface area contributed by atoms with Gasteiger partial charge in [0.1, 0.15) is 11.4 Å². The van der Waals surface area contributed by atoms with Crippen LogP contribution in [0.3, 0.4) is 0 Å². The van der Waals surface area contributed by atoms with Gasteiger partial charge in [0.05, 0.1) is 26.3 Å². The molecule has 0 bridgehead atoms. The first kappa shape index (κ1) is 13.8. The second-order valence-corrected chi connectivity index (χ2v) is 4.96. The van der Waals surface area contributed by atoms with E-state index in [4.69, 9.17) is 4.74 Å². The number of nitrogens with zero attached hydrogens (tertiary/aromatic N) is 1. The summed E-state index contributed by atoms with van der Waals surface area (Å²) < 4.78 is 4.86. The van der Waals surface area contributed by atoms with E-state index >= 15 is 0 Å². The number of carbonyl (C=O) groups is 1. The summed E-state index contributed by atoms with van der Waals surface area (Å²) >= 11 is 0. The molecule has 2 rings (SSSR count). The third kappa shape index (κ3) is 2.72. The molecule has 2 atom stereocenters. The van der Waals surface area contributed by atoms with Crippen LogP contribution in [0, 0.1) is 0 Å². The van der Waals surface area contributed by atoms with Gasteiger partial charge in [-0.15, -0.1) is 0 Å². The Bertz CT molecular complexity index is 445. The molecule has 0 spiro atoms. The summed E-state index contributed by atoms with van der Waals surface area (Å²) in [5.74, 6) is 0.690. The normalized spacial score (nSPS) is 27.6. The molecule has 1 fully saturated rings. The van der Waals surface area contributed by atoms with Gasteiger partial charge in [0.25, 0.3) is 6.09 Å². The van der Waals surface area contributed by atoms with Gasteiger partial charge >= 0.3 is 0 Å². The quantitative estimate of drug-likeness (QED) is 0.806. The van der Waals surface area contributed by atoms with Crippen molar-refractivity contribution in [3.63, 3.8) is 0 Å². The number of aliphatic hydroxyl groups excluding tert-OH is 1. The minimum Gasteiger partial charge on any atom is -0.498 e. The Morgan fingerprint density at radius 1 is 1.32 bits per heavy atom. The number of benzene rings is 1. The van der Waals surface area contributed by atoms with Gasteiger partial charge in [-0.3, -0.25) is 0 Å². The number of methoxy groups -OCH3 is 1. The van der Waals surface area contributed by atoms with E-state index in [0.717, 1.165) is 0 Å². The fourth-order valence-corrected chi connectivity index (χ4v) is 2.64. The van der Waals surface area contributed by atoms with Gasteiger partial charge in [-0.1, -0.05) is 0 Å². The van der Waals surface area contributed by atoms with E-state index in [0.29, 0.717) is 43.8 Å². The van der Waals surface area contributed by atoms with Gasteiger partial charge in [-0.05, 0) is 25.0 Å². The van der Waals surface area contributed by atoms with Crippen LogP contribution in [0.4, 0.5) is 10.5 Å². The highest BCUT2D eigenvalue weighted by atomic mass is 16.5. The maximum Gasteiger partial charge on any atom is 0.262 e. The van der Waals surface area contributed by atoms with Gasteiger partial charge in [0, 0.05) is 18.6 Å². The Balaban J connectivity index is 2.34. The van der Waals surface area contributed by atoms with Gasteiger partial charge in [0.15, 0.2) is 0 Å². The van der Waals surface area contributed by atoms with Crippen molar-refractivity contribution in [3.8, 4) is 5.75 Å². The van der Waals surface area contributed by atoms with Crippen LogP contribution in [-0.2, 0) is 0 Å². The first-order chi connectivity index (χ1) is 9.08. The molecule has 1 aromatic carbocycles. The maximum absolute atomic E-state index is 11.6. The molecule has 0 aliphatic carbocycles. The van der Waals surface area contributed by atoms with E-state index in [1.807, 2.05) is 0 Å². The molecule has 5 nitrogen and oxygen atoms in total. The monoisotopic (exact) mass is 265 g/mol. The fraction of sp³-hybridized carbons (Fsp3) is 0.500. The average Bonchev–Trinajstić information content (AvgIpc) is 2.62. The summed E-state index contributed by atoms with van der Waals surface area (Å²) in [5.41, 5.74) is 0.676. The lowest BCUT2D eigenvalue weighted by atomic mass is 10.2. The minimum absolute atomic E-state index is 0.221. The van der Waals surface area contributed by atoms with Crippen molar-refractivity contribution in [2.24, 2.45) is 0 Å². The Morgan fingerprint density at radius 2 is 2.00 bits per heavy atom. The van der Waals surface area contributed by atoms with Crippen LogP contribution in [-0.4, -0.2) is 37.5 Å². The molecule has 1 aromatic rings. The lowest BCUT2D eigenvalue weighted by Crippen LogP contribution is -2.60. The van der Waals surface area contributed by atoms with Crippen molar-refractivity contribution in [1.82, 2.24) is 4.48 Å². The zero-order valence-corrected chi connectivity index (χ0v) is 11.0. The van der Waals surface area contributed by atoms with Crippen LogP contribution in [0.15, 0.2) is 24.3 Å². The molecule has 1 amide bonds. The van der Waals surface area contributed by atoms with Gasteiger partial charge < -0.3 is 19.7 Å². The largest absolute Gasteiger partial charge is 0.498 e. The molecule has 1 N–H and O–H groups in total. The second kappa shape index (κ2) is 5.59. The number of carbonyl (C=O) groups excluding carboxylic acids is 1. The van der Waals surface area contributed by atoms with Crippen molar-refractivity contribution in [2.75, 3.05) is 20.2 Å². The molecule has 0 radical (unpaired) electrons. The number of likely N-dealkylation sites (tertiary alicyclic amines) is 1. The number of quaternary nitrogens is 1. The Hall–Kier alpha value is -1.59. The highest BCUT2D eigenvalue weighted by Gasteiger charge is 2.35. The number of ether oxygens (including phenoxy) is 1. The van der Waals surface area contributed by atoms with Crippen LogP contribution in [0.5, 0.6) is 5.75 Å². The van der Waals surface area contributed by atoms with E-state index in [-0.39, 0.29) is 4.48 Å². The smallest absolute Gasteiger partial charge is 0.262 e. The van der Waals surface area contributed by atoms with E-state index in [1.54, 1.807) is 31.4 Å². The molecule has 19 heavy (non-hydrogen) atoms. The van der Waals surface area contributed by atoms with E-state index in [1.165, 1.54) is 0 Å². The van der Waals surface area contributed by atoms with E-state index < -0.39 is 12.2 Å². The predicted octanol–water partition coefficient (Wildman–Crippen LogP) is 0.891. The molecule has 1 aliphatic heterocycles. The van der Waals surface area contributed by atoms with Gasteiger partial charge in [-0.25, -0.2) is 4.48 Å². The molecular weight excluding hydrogens is 246 g/mol. The van der Waals surface area contributed by atoms with Gasteiger partial charge in [-0.2, -0.15) is 0 Å². The van der Waals surface area contributed by atoms with Crippen LogP contribution >= 0.6 is 0 Å². The molecule has 2 unspecified atom stereocenters. The summed E-state index contributed by atoms with van der Waals surface area (Å²) in [6, 6.07) is 7.01. The molecule has 1 heterocycles. The minimum atomic E-state index is -1.11. The predicted molar refractivity (Wildman–Crippen MR) is 69.8 cm³/mol. The number of hydrogen-bond donors (Lipinski definition) is 1. The van der Waals surface area contributed by atoms with Crippen LogP contribution in [0.25, 0.3) is 0 Å². The van der Waals surface area contributed by atoms with E-state index in [9.17, 15) is 15.0 Å². The Kier molecular flexibility index (Phi) is 4.07. The highest BCUT2D eigenvalue weighted by Crippen LogP contribution is 2.29. The zero-order valence-electron chi connectivity index (χ0n) is 11.0. The molecule has 1 aliphatic rings. The number of hydrogen-bond acceptors (Lipinski definition) is 4. The first-order valence-electron chi connectivity index (χ1n) is 6.50. The van der Waals surface area contributed by atoms with Crippen LogP contribution < -0.4 is 14.3 Å². The molecule has 5 heteroatoms. The summed E-state index contributed by atoms with van der Waals surface area (Å²) in [6.07, 6.45) is 0.252. The topological polar surface area (TPSA) is 69.6 Å². The van der Waals surface area contributed by atoms with E-state index in [2.05, 4.69) is 0 Å². The van der Waals surface area contributed by atoms with Crippen molar-refractivity contribution in [2.45, 2.75) is 25.4 Å². The number of rotatable bonds is 2. The third-order valence-corrected chi connectivity index (χ3v) is 3.84. The SMILES string of the molecule is COc1ccc([N+]2(C(=O)[O-])CCCC(O)CC2)cc1. The summed E-state index contributed by atoms with van der Waals surface area (Å²) in [5, 5.41) is 21.3. The summed E-state index contributed by atoms with van der Waals surface area (Å²) in [6.45, 7) is 0.807. The van der Waals surface area contributed by atoms with Crippen LogP contribution in [0.1, 0.15) is 19.3 Å². The van der Waals surface area contributed by atoms with Crippen molar-refractivity contribution in [1.29, 1.82) is 0 Å². The van der Waals surface area contributed by atoms with Crippen molar-refractivity contribution < 1.29 is 19.7 Å². The molecule has 0 saturated carbocycles. The number of aliphatic hydroxyl groups is 1. The lowest BCUT2D eigenvalue weighted by Gasteiger charge is -2.36. The first-order valence-corrected chi connectivity index (χ1v) is 6.50. The fourth-order valence-electron chi connectivity index (χ4n) is 2.64. The lowest BCUT2D eigenvalue weighted by molar-refractivity contribution is -0.264. The van der Waals surface area contributed by atoms with Crippen molar-refractivity contribution in [3.05, 3.63) is 24.3 Å².